The van der Waals surface area contributed by atoms with Crippen LogP contribution in [-0.4, -0.2) is 46.8 Å². The van der Waals surface area contributed by atoms with E-state index in [1.54, 1.807) is 31.4 Å². The molecule has 2 aromatic rings. The Morgan fingerprint density at radius 3 is 2.41 bits per heavy atom. The third kappa shape index (κ3) is 5.84. The lowest BCUT2D eigenvalue weighted by Crippen LogP contribution is -2.41. The maximum atomic E-state index is 12.9. The van der Waals surface area contributed by atoms with Gasteiger partial charge in [-0.15, -0.1) is 0 Å². The number of methoxy groups -OCH3 is 1. The Hall–Kier alpha value is -2.96. The monoisotopic (exact) mass is 438 g/mol. The van der Waals surface area contributed by atoms with Gasteiger partial charge in [-0.1, -0.05) is 6.92 Å². The van der Waals surface area contributed by atoms with Gasteiger partial charge in [-0.3, -0.25) is 9.59 Å². The van der Waals surface area contributed by atoms with Crippen molar-refractivity contribution in [3.63, 3.8) is 0 Å². The maximum absolute atomic E-state index is 12.9. The van der Waals surface area contributed by atoms with Crippen molar-refractivity contribution in [3.05, 3.63) is 46.9 Å². The Labute approximate surface area is 190 Å². The summed E-state index contributed by atoms with van der Waals surface area (Å²) in [6, 6.07) is 7.03. The molecule has 1 saturated heterocycles. The van der Waals surface area contributed by atoms with Gasteiger partial charge in [0.15, 0.2) is 5.78 Å². The molecule has 3 rings (SSSR count). The molecule has 2 heterocycles. The highest BCUT2D eigenvalue weighted by Crippen LogP contribution is 2.26. The number of ketones is 1. The highest BCUT2D eigenvalue weighted by atomic mass is 16.5. The molecule has 0 saturated carbocycles. The molecule has 1 aromatic heterocycles. The second-order valence-electron chi connectivity index (χ2n) is 8.78. The average molecular weight is 439 g/mol. The predicted molar refractivity (Wildman–Crippen MR) is 125 cm³/mol. The zero-order chi connectivity index (χ0) is 23.3. The molecular formula is C25H34N4O3. The van der Waals surface area contributed by atoms with Crippen LogP contribution >= 0.6 is 0 Å². The van der Waals surface area contributed by atoms with Crippen LogP contribution in [0.3, 0.4) is 0 Å². The number of nitrogen functional groups attached to an aromatic ring is 1. The van der Waals surface area contributed by atoms with Crippen LogP contribution in [0.15, 0.2) is 24.3 Å². The number of rotatable bonds is 8. The van der Waals surface area contributed by atoms with Crippen LogP contribution < -0.4 is 10.5 Å². The Morgan fingerprint density at radius 2 is 1.81 bits per heavy atom. The molecule has 0 aliphatic carbocycles. The van der Waals surface area contributed by atoms with Crippen LogP contribution in [0.4, 0.5) is 5.82 Å². The summed E-state index contributed by atoms with van der Waals surface area (Å²) in [4.78, 5) is 36.1. The van der Waals surface area contributed by atoms with Gasteiger partial charge >= 0.3 is 0 Å². The van der Waals surface area contributed by atoms with Gasteiger partial charge in [-0.2, -0.15) is 0 Å². The summed E-state index contributed by atoms with van der Waals surface area (Å²) < 4.78 is 5.13. The SMILES string of the molecule is COc1ccc(C(=O)C[C@@H](C)C(=O)N2CCC(CCc3c(C)nc(C)nc3N)CC2)cc1. The normalized spacial score (nSPS) is 15.4. The fraction of sp³-hybridized carbons (Fsp3) is 0.520. The number of Topliss-reactive ketones (excluding diaryl/α,β-unsaturated/α-hetero) is 1. The minimum Gasteiger partial charge on any atom is -0.497 e. The number of hydrogen-bond acceptors (Lipinski definition) is 6. The first-order valence-electron chi connectivity index (χ1n) is 11.3. The van der Waals surface area contributed by atoms with E-state index < -0.39 is 0 Å². The molecular weight excluding hydrogens is 404 g/mol. The number of anilines is 1. The average Bonchev–Trinajstić information content (AvgIpc) is 2.78. The first-order chi connectivity index (χ1) is 15.3. The quantitative estimate of drug-likeness (QED) is 0.630. The van der Waals surface area contributed by atoms with Crippen molar-refractivity contribution < 1.29 is 14.3 Å². The third-order valence-electron chi connectivity index (χ3n) is 6.41. The first-order valence-corrected chi connectivity index (χ1v) is 11.3. The summed E-state index contributed by atoms with van der Waals surface area (Å²) in [6.45, 7) is 7.16. The summed E-state index contributed by atoms with van der Waals surface area (Å²) in [6.07, 6.45) is 4.04. The number of carbonyl (C=O) groups is 2. The van der Waals surface area contributed by atoms with E-state index in [0.29, 0.717) is 28.9 Å². The van der Waals surface area contributed by atoms with Gasteiger partial charge in [-0.05, 0) is 69.7 Å². The predicted octanol–water partition coefficient (Wildman–Crippen LogP) is 3.76. The lowest BCUT2D eigenvalue weighted by molar-refractivity contribution is -0.136. The molecule has 1 aliphatic heterocycles. The van der Waals surface area contributed by atoms with Crippen LogP contribution in [0, 0.1) is 25.7 Å². The number of ether oxygens (including phenoxy) is 1. The molecule has 0 unspecified atom stereocenters. The number of likely N-dealkylation sites (tertiary alicyclic amines) is 1. The van der Waals surface area contributed by atoms with Crippen LogP contribution in [0.5, 0.6) is 5.75 Å². The van der Waals surface area contributed by atoms with E-state index in [1.165, 1.54) is 0 Å². The number of aromatic nitrogens is 2. The van der Waals surface area contributed by atoms with Crippen molar-refractivity contribution in [2.75, 3.05) is 25.9 Å². The summed E-state index contributed by atoms with van der Waals surface area (Å²) in [5.74, 6) is 2.27. The van der Waals surface area contributed by atoms with E-state index in [0.717, 1.165) is 50.0 Å². The molecule has 7 nitrogen and oxygen atoms in total. The van der Waals surface area contributed by atoms with Gasteiger partial charge < -0.3 is 15.4 Å². The number of hydrogen-bond donors (Lipinski definition) is 1. The molecule has 1 fully saturated rings. The standard InChI is InChI=1S/C25H34N4O3/c1-16(15-23(30)20-6-8-21(32-4)9-7-20)25(31)29-13-11-19(12-14-29)5-10-22-17(2)27-18(3)28-24(22)26/h6-9,16,19H,5,10-15H2,1-4H3,(H2,26,27,28)/t16-/m1/s1. The largest absolute Gasteiger partial charge is 0.497 e. The number of benzene rings is 1. The van der Waals surface area contributed by atoms with Crippen LogP contribution in [0.1, 0.15) is 60.0 Å². The smallest absolute Gasteiger partial charge is 0.225 e. The third-order valence-corrected chi connectivity index (χ3v) is 6.41. The molecule has 172 valence electrons. The number of piperidine rings is 1. The maximum Gasteiger partial charge on any atom is 0.225 e. The van der Waals surface area contributed by atoms with Crippen molar-refractivity contribution in [1.82, 2.24) is 14.9 Å². The highest BCUT2D eigenvalue weighted by molar-refractivity contribution is 5.98. The highest BCUT2D eigenvalue weighted by Gasteiger charge is 2.27. The first kappa shape index (κ1) is 23.7. The fourth-order valence-corrected chi connectivity index (χ4v) is 4.43. The van der Waals surface area contributed by atoms with E-state index in [4.69, 9.17) is 10.5 Å². The van der Waals surface area contributed by atoms with Crippen molar-refractivity contribution in [2.45, 2.75) is 52.9 Å². The zero-order valence-electron chi connectivity index (χ0n) is 19.6. The molecule has 7 heteroatoms. The van der Waals surface area contributed by atoms with E-state index in [1.807, 2.05) is 25.7 Å². The Morgan fingerprint density at radius 1 is 1.16 bits per heavy atom. The van der Waals surface area contributed by atoms with Gasteiger partial charge in [0.1, 0.15) is 17.4 Å². The van der Waals surface area contributed by atoms with E-state index in [2.05, 4.69) is 9.97 Å². The van der Waals surface area contributed by atoms with E-state index in [9.17, 15) is 9.59 Å². The second kappa shape index (κ2) is 10.6. The molecule has 0 radical (unpaired) electrons. The van der Waals surface area contributed by atoms with E-state index >= 15 is 0 Å². The Kier molecular flexibility index (Phi) is 7.83. The van der Waals surface area contributed by atoms with Gasteiger partial charge in [0, 0.05) is 42.2 Å². The lowest BCUT2D eigenvalue weighted by Gasteiger charge is -2.33. The number of aryl methyl sites for hydroxylation is 2. The van der Waals surface area contributed by atoms with Gasteiger partial charge in [0.05, 0.1) is 7.11 Å². The number of nitrogens with two attached hydrogens (primary N) is 1. The number of amides is 1. The van der Waals surface area contributed by atoms with E-state index in [-0.39, 0.29) is 24.0 Å². The summed E-state index contributed by atoms with van der Waals surface area (Å²) in [5, 5.41) is 0. The minimum atomic E-state index is -0.326. The van der Waals surface area contributed by atoms with Gasteiger partial charge in [0.25, 0.3) is 0 Å². The second-order valence-corrected chi connectivity index (χ2v) is 8.78. The number of carbonyl (C=O) groups excluding carboxylic acids is 2. The van der Waals surface area contributed by atoms with Crippen molar-refractivity contribution >= 4 is 17.5 Å². The van der Waals surface area contributed by atoms with Crippen LogP contribution in [0.2, 0.25) is 0 Å². The zero-order valence-corrected chi connectivity index (χ0v) is 19.6. The fourth-order valence-electron chi connectivity index (χ4n) is 4.43. The molecule has 1 aromatic carbocycles. The molecule has 2 N–H and O–H groups in total. The van der Waals surface area contributed by atoms with Crippen molar-refractivity contribution in [1.29, 1.82) is 0 Å². The van der Waals surface area contributed by atoms with Gasteiger partial charge in [-0.25, -0.2) is 9.97 Å². The summed E-state index contributed by atoms with van der Waals surface area (Å²) in [7, 11) is 1.59. The minimum absolute atomic E-state index is 0.0170. The van der Waals surface area contributed by atoms with Crippen molar-refractivity contribution in [3.8, 4) is 5.75 Å². The van der Waals surface area contributed by atoms with Crippen molar-refractivity contribution in [2.24, 2.45) is 11.8 Å². The molecule has 1 atom stereocenters. The number of nitrogens with zero attached hydrogens (tertiary/aromatic N) is 3. The Bertz CT molecular complexity index is 927. The Balaban J connectivity index is 1.46. The van der Waals surface area contributed by atoms with Crippen LogP contribution in [-0.2, 0) is 11.2 Å². The molecule has 0 spiro atoms. The molecule has 1 aliphatic rings. The van der Waals surface area contributed by atoms with Crippen LogP contribution in [0.25, 0.3) is 0 Å². The van der Waals surface area contributed by atoms with Gasteiger partial charge in [0.2, 0.25) is 5.91 Å². The molecule has 32 heavy (non-hydrogen) atoms. The topological polar surface area (TPSA) is 98.4 Å². The summed E-state index contributed by atoms with van der Waals surface area (Å²) >= 11 is 0. The molecule has 1 amide bonds. The molecule has 0 bridgehead atoms. The summed E-state index contributed by atoms with van der Waals surface area (Å²) in [5.41, 5.74) is 8.70. The lowest BCUT2D eigenvalue weighted by atomic mass is 9.89.